The van der Waals surface area contributed by atoms with Gasteiger partial charge in [0.25, 0.3) is 5.92 Å². The normalized spacial score (nSPS) is 31.5. The Morgan fingerprint density at radius 2 is 1.69 bits per heavy atom. The fraction of sp³-hybridized carbons (Fsp3) is 1.00. The molecule has 0 heterocycles. The highest BCUT2D eigenvalue weighted by Crippen LogP contribution is 2.51. The van der Waals surface area contributed by atoms with Crippen molar-refractivity contribution in [2.75, 3.05) is 0 Å². The zero-order valence-electron chi connectivity index (χ0n) is 11.3. The molecule has 1 saturated carbocycles. The number of halogens is 2. The van der Waals surface area contributed by atoms with E-state index in [1.807, 2.05) is 20.8 Å². The smallest absolute Gasteiger partial charge is 0.207 e. The van der Waals surface area contributed by atoms with E-state index in [4.69, 9.17) is 0 Å². The molecule has 2 heteroatoms. The molecule has 0 nitrogen and oxygen atoms in total. The van der Waals surface area contributed by atoms with Gasteiger partial charge < -0.3 is 0 Å². The summed E-state index contributed by atoms with van der Waals surface area (Å²) in [6.07, 6.45) is 2.70. The predicted molar refractivity (Wildman–Crippen MR) is 64.7 cm³/mol. The van der Waals surface area contributed by atoms with Gasteiger partial charge in [0.05, 0.1) is 0 Å². The Morgan fingerprint density at radius 1 is 1.12 bits per heavy atom. The molecule has 1 rings (SSSR count). The van der Waals surface area contributed by atoms with Crippen LogP contribution in [0, 0.1) is 23.2 Å². The second-order valence-electron chi connectivity index (χ2n) is 6.76. The summed E-state index contributed by atoms with van der Waals surface area (Å²) in [7, 11) is 0. The minimum absolute atomic E-state index is 0.0815. The minimum Gasteiger partial charge on any atom is -0.207 e. The lowest BCUT2D eigenvalue weighted by Crippen LogP contribution is -2.43. The third kappa shape index (κ3) is 2.95. The van der Waals surface area contributed by atoms with Crippen LogP contribution < -0.4 is 0 Å². The van der Waals surface area contributed by atoms with Crippen molar-refractivity contribution in [2.45, 2.75) is 66.2 Å². The van der Waals surface area contributed by atoms with Crippen molar-refractivity contribution in [3.05, 3.63) is 0 Å². The van der Waals surface area contributed by atoms with Gasteiger partial charge in [0.2, 0.25) is 0 Å². The average molecular weight is 232 g/mol. The lowest BCUT2D eigenvalue weighted by atomic mass is 9.66. The molecule has 0 amide bonds. The average Bonchev–Trinajstić information content (AvgIpc) is 2.21. The first-order valence-corrected chi connectivity index (χ1v) is 6.54. The van der Waals surface area contributed by atoms with Gasteiger partial charge in [-0.1, -0.05) is 41.0 Å². The summed E-state index contributed by atoms with van der Waals surface area (Å²) in [5.41, 5.74) is -0.303. The highest BCUT2D eigenvalue weighted by atomic mass is 19.3. The first-order valence-electron chi connectivity index (χ1n) is 6.54. The zero-order chi connectivity index (χ0) is 12.6. The molecule has 0 aromatic rings. The second kappa shape index (κ2) is 4.62. The largest absolute Gasteiger partial charge is 0.251 e. The molecule has 1 aliphatic carbocycles. The van der Waals surface area contributed by atoms with Gasteiger partial charge >= 0.3 is 0 Å². The van der Waals surface area contributed by atoms with Crippen molar-refractivity contribution >= 4 is 0 Å². The molecule has 0 spiro atoms. The Morgan fingerprint density at radius 3 is 2.12 bits per heavy atom. The van der Waals surface area contributed by atoms with Crippen molar-refractivity contribution in [3.8, 4) is 0 Å². The van der Waals surface area contributed by atoms with E-state index in [1.54, 1.807) is 0 Å². The number of rotatable bonds is 1. The summed E-state index contributed by atoms with van der Waals surface area (Å²) in [5.74, 6) is -2.43. The van der Waals surface area contributed by atoms with Gasteiger partial charge in [-0.2, -0.15) is 0 Å². The molecule has 16 heavy (non-hydrogen) atoms. The Hall–Kier alpha value is -0.140. The Balaban J connectivity index is 3.05. The molecular weight excluding hydrogens is 206 g/mol. The topological polar surface area (TPSA) is 0 Å². The van der Waals surface area contributed by atoms with E-state index in [1.165, 1.54) is 0 Å². The molecule has 0 N–H and O–H groups in total. The molecule has 0 aromatic heterocycles. The molecule has 2 unspecified atom stereocenters. The van der Waals surface area contributed by atoms with E-state index in [2.05, 4.69) is 13.8 Å². The standard InChI is InChI=1S/C14H26F2/c1-10(2)11-8-6-7-9-14(15,16)12(11)13(3,4)5/h10-12H,6-9H2,1-5H3. The monoisotopic (exact) mass is 232 g/mol. The van der Waals surface area contributed by atoms with E-state index in [9.17, 15) is 8.78 Å². The lowest BCUT2D eigenvalue weighted by Gasteiger charge is -2.42. The summed E-state index contributed by atoms with van der Waals surface area (Å²) in [6, 6.07) is 0. The fourth-order valence-corrected chi connectivity index (χ4v) is 3.37. The number of hydrogen-bond donors (Lipinski definition) is 0. The summed E-state index contributed by atoms with van der Waals surface area (Å²) >= 11 is 0. The number of hydrogen-bond acceptors (Lipinski definition) is 0. The van der Waals surface area contributed by atoms with Gasteiger partial charge in [0.1, 0.15) is 0 Å². The van der Waals surface area contributed by atoms with Crippen LogP contribution in [0.1, 0.15) is 60.3 Å². The van der Waals surface area contributed by atoms with E-state index < -0.39 is 11.8 Å². The van der Waals surface area contributed by atoms with Gasteiger partial charge in [-0.25, -0.2) is 8.78 Å². The molecule has 0 bridgehead atoms. The maximum absolute atomic E-state index is 14.2. The van der Waals surface area contributed by atoms with Crippen molar-refractivity contribution < 1.29 is 8.78 Å². The van der Waals surface area contributed by atoms with Crippen LogP contribution in [-0.2, 0) is 0 Å². The maximum atomic E-state index is 14.2. The first-order chi connectivity index (χ1) is 7.16. The molecule has 0 aliphatic heterocycles. The quantitative estimate of drug-likeness (QED) is 0.550. The van der Waals surface area contributed by atoms with Gasteiger partial charge in [0, 0.05) is 12.3 Å². The highest BCUT2D eigenvalue weighted by Gasteiger charge is 2.51. The summed E-state index contributed by atoms with van der Waals surface area (Å²) < 4.78 is 28.5. The first kappa shape index (κ1) is 13.9. The highest BCUT2D eigenvalue weighted by molar-refractivity contribution is 4.93. The SMILES string of the molecule is CC(C)C1CCCCC(F)(F)C1C(C)(C)C. The zero-order valence-corrected chi connectivity index (χ0v) is 11.3. The van der Waals surface area contributed by atoms with Crippen LogP contribution in [0.3, 0.4) is 0 Å². The van der Waals surface area contributed by atoms with Gasteiger partial charge in [0.15, 0.2) is 0 Å². The van der Waals surface area contributed by atoms with Crippen LogP contribution in [0.25, 0.3) is 0 Å². The van der Waals surface area contributed by atoms with Crippen LogP contribution >= 0.6 is 0 Å². The Kier molecular flexibility index (Phi) is 4.02. The summed E-state index contributed by atoms with van der Waals surface area (Å²) in [5, 5.41) is 0. The van der Waals surface area contributed by atoms with Crippen molar-refractivity contribution in [1.29, 1.82) is 0 Å². The third-order valence-electron chi connectivity index (χ3n) is 3.97. The molecule has 0 radical (unpaired) electrons. The molecular formula is C14H26F2. The van der Waals surface area contributed by atoms with E-state index in [0.717, 1.165) is 12.8 Å². The maximum Gasteiger partial charge on any atom is 0.251 e. The van der Waals surface area contributed by atoms with Gasteiger partial charge in [-0.15, -0.1) is 0 Å². The molecule has 1 aliphatic rings. The van der Waals surface area contributed by atoms with Crippen molar-refractivity contribution in [1.82, 2.24) is 0 Å². The van der Waals surface area contributed by atoms with Gasteiger partial charge in [-0.05, 0) is 30.1 Å². The van der Waals surface area contributed by atoms with Crippen LogP contribution in [0.2, 0.25) is 0 Å². The third-order valence-corrected chi connectivity index (χ3v) is 3.97. The van der Waals surface area contributed by atoms with Crippen molar-refractivity contribution in [3.63, 3.8) is 0 Å². The summed E-state index contributed by atoms with van der Waals surface area (Å²) in [6.45, 7) is 10.1. The molecule has 2 atom stereocenters. The molecule has 0 aromatic carbocycles. The van der Waals surface area contributed by atoms with Crippen LogP contribution in [0.5, 0.6) is 0 Å². The summed E-state index contributed by atoms with van der Waals surface area (Å²) in [4.78, 5) is 0. The molecule has 1 fully saturated rings. The Labute approximate surface area is 98.8 Å². The molecule has 0 saturated heterocycles. The van der Waals surface area contributed by atoms with Crippen molar-refractivity contribution in [2.24, 2.45) is 23.2 Å². The van der Waals surface area contributed by atoms with E-state index >= 15 is 0 Å². The van der Waals surface area contributed by atoms with Crippen LogP contribution in [0.15, 0.2) is 0 Å². The Bertz CT molecular complexity index is 225. The second-order valence-corrected chi connectivity index (χ2v) is 6.76. The van der Waals surface area contributed by atoms with E-state index in [0.29, 0.717) is 12.3 Å². The lowest BCUT2D eigenvalue weighted by molar-refractivity contribution is -0.128. The number of alkyl halides is 2. The van der Waals surface area contributed by atoms with Crippen LogP contribution in [-0.4, -0.2) is 5.92 Å². The van der Waals surface area contributed by atoms with Crippen LogP contribution in [0.4, 0.5) is 8.78 Å². The van der Waals surface area contributed by atoms with E-state index in [-0.39, 0.29) is 17.8 Å². The predicted octanol–water partition coefficient (Wildman–Crippen LogP) is 5.13. The molecule has 96 valence electrons. The minimum atomic E-state index is -2.48. The fourth-order valence-electron chi connectivity index (χ4n) is 3.37. The van der Waals surface area contributed by atoms with Gasteiger partial charge in [-0.3, -0.25) is 0 Å².